The molecule has 0 aromatic rings. The van der Waals surface area contributed by atoms with Crippen molar-refractivity contribution in [3.63, 3.8) is 0 Å². The fourth-order valence-corrected chi connectivity index (χ4v) is 1.77. The Morgan fingerprint density at radius 3 is 2.63 bits per heavy atom. The van der Waals surface area contributed by atoms with Gasteiger partial charge in [0.1, 0.15) is 6.04 Å². The fraction of sp³-hybridized carbons (Fsp3) is 0.818. The molecule has 0 aliphatic carbocycles. The summed E-state index contributed by atoms with van der Waals surface area (Å²) in [5, 5.41) is 10.9. The standard InChI is InChI=1S/C11H23N5O3/c12-9(2-1-5-15-11(13)14)10(18)19-16-6-3-8(17)4-7-16/h8-9,17H,1-7,12H2,(H4,13,14,15)/t9-/m0/s1. The molecule has 0 amide bonds. The first kappa shape index (κ1) is 15.7. The van der Waals surface area contributed by atoms with Crippen LogP contribution >= 0.6 is 0 Å². The van der Waals surface area contributed by atoms with Crippen LogP contribution < -0.4 is 17.2 Å². The van der Waals surface area contributed by atoms with E-state index < -0.39 is 12.0 Å². The summed E-state index contributed by atoms with van der Waals surface area (Å²) in [4.78, 5) is 20.6. The Morgan fingerprint density at radius 2 is 2.05 bits per heavy atom. The van der Waals surface area contributed by atoms with Crippen LogP contribution in [0.15, 0.2) is 4.99 Å². The number of nitrogens with zero attached hydrogens (tertiary/aromatic N) is 2. The summed E-state index contributed by atoms with van der Waals surface area (Å²) in [5.41, 5.74) is 16.1. The number of hydroxylamine groups is 2. The Balaban J connectivity index is 2.19. The SMILES string of the molecule is NC(N)=NCCC[C@H](N)C(=O)ON1CCC(O)CC1. The van der Waals surface area contributed by atoms with Crippen molar-refractivity contribution in [2.24, 2.45) is 22.2 Å². The molecule has 19 heavy (non-hydrogen) atoms. The lowest BCUT2D eigenvalue weighted by Gasteiger charge is -2.28. The van der Waals surface area contributed by atoms with E-state index in [9.17, 15) is 9.90 Å². The minimum absolute atomic E-state index is 0.0306. The van der Waals surface area contributed by atoms with Gasteiger partial charge in [-0.2, -0.15) is 0 Å². The van der Waals surface area contributed by atoms with Crippen molar-refractivity contribution in [1.29, 1.82) is 0 Å². The van der Waals surface area contributed by atoms with Gasteiger partial charge in [0.2, 0.25) is 0 Å². The van der Waals surface area contributed by atoms with Crippen LogP contribution in [0.5, 0.6) is 0 Å². The van der Waals surface area contributed by atoms with Gasteiger partial charge in [-0.05, 0) is 25.7 Å². The number of aliphatic hydroxyl groups is 1. The number of carbonyl (C=O) groups is 1. The molecule has 1 saturated heterocycles. The van der Waals surface area contributed by atoms with Crippen molar-refractivity contribution < 1.29 is 14.7 Å². The first-order valence-corrected chi connectivity index (χ1v) is 6.45. The van der Waals surface area contributed by atoms with Gasteiger partial charge in [0.25, 0.3) is 0 Å². The molecule has 0 saturated carbocycles. The zero-order valence-electron chi connectivity index (χ0n) is 11.0. The van der Waals surface area contributed by atoms with Crippen molar-refractivity contribution in [3.05, 3.63) is 0 Å². The molecule has 1 heterocycles. The minimum atomic E-state index is -0.680. The van der Waals surface area contributed by atoms with Gasteiger partial charge in [0.05, 0.1) is 6.10 Å². The van der Waals surface area contributed by atoms with E-state index in [0.717, 1.165) is 0 Å². The summed E-state index contributed by atoms with van der Waals surface area (Å²) < 4.78 is 0. The predicted octanol–water partition coefficient (Wildman–Crippen LogP) is -1.72. The molecule has 0 aromatic carbocycles. The molecule has 110 valence electrons. The number of nitrogens with two attached hydrogens (primary N) is 3. The number of piperidine rings is 1. The highest BCUT2D eigenvalue weighted by molar-refractivity contribution is 5.76. The maximum atomic E-state index is 11.7. The smallest absolute Gasteiger partial charge is 0.341 e. The van der Waals surface area contributed by atoms with E-state index in [1.165, 1.54) is 0 Å². The Hall–Kier alpha value is -1.38. The average Bonchev–Trinajstić information content (AvgIpc) is 2.36. The molecule has 1 atom stereocenters. The molecule has 0 bridgehead atoms. The molecule has 0 spiro atoms. The Kier molecular flexibility index (Phi) is 6.54. The van der Waals surface area contributed by atoms with Crippen LogP contribution in [0.3, 0.4) is 0 Å². The lowest BCUT2D eigenvalue weighted by atomic mass is 10.1. The topological polar surface area (TPSA) is 140 Å². The van der Waals surface area contributed by atoms with E-state index in [0.29, 0.717) is 45.3 Å². The van der Waals surface area contributed by atoms with Crippen LogP contribution in [0.25, 0.3) is 0 Å². The molecule has 1 rings (SSSR count). The van der Waals surface area contributed by atoms with Crippen LogP contribution in [-0.4, -0.2) is 53.9 Å². The van der Waals surface area contributed by atoms with Crippen LogP contribution in [0, 0.1) is 0 Å². The zero-order chi connectivity index (χ0) is 14.3. The number of guanidine groups is 1. The molecule has 1 aliphatic rings. The number of aliphatic imine (C=N–C) groups is 1. The quantitative estimate of drug-likeness (QED) is 0.256. The summed E-state index contributed by atoms with van der Waals surface area (Å²) in [6.45, 7) is 1.51. The van der Waals surface area contributed by atoms with Gasteiger partial charge >= 0.3 is 5.97 Å². The zero-order valence-corrected chi connectivity index (χ0v) is 11.0. The molecule has 1 aliphatic heterocycles. The number of rotatable bonds is 6. The maximum absolute atomic E-state index is 11.7. The second-order valence-electron chi connectivity index (χ2n) is 4.63. The second-order valence-corrected chi connectivity index (χ2v) is 4.63. The van der Waals surface area contributed by atoms with Crippen molar-refractivity contribution in [1.82, 2.24) is 5.06 Å². The highest BCUT2D eigenvalue weighted by atomic mass is 16.7. The lowest BCUT2D eigenvalue weighted by Crippen LogP contribution is -2.42. The molecule has 0 radical (unpaired) electrons. The van der Waals surface area contributed by atoms with Gasteiger partial charge in [0.15, 0.2) is 5.96 Å². The predicted molar refractivity (Wildman–Crippen MR) is 70.8 cm³/mol. The van der Waals surface area contributed by atoms with Crippen molar-refractivity contribution in [2.45, 2.75) is 37.8 Å². The van der Waals surface area contributed by atoms with Gasteiger partial charge in [0, 0.05) is 19.6 Å². The molecule has 8 nitrogen and oxygen atoms in total. The summed E-state index contributed by atoms with van der Waals surface area (Å²) in [5.74, 6) is -0.427. The van der Waals surface area contributed by atoms with Crippen molar-refractivity contribution in [3.8, 4) is 0 Å². The first-order chi connectivity index (χ1) is 8.99. The number of carbonyl (C=O) groups excluding carboxylic acids is 1. The summed E-state index contributed by atoms with van der Waals surface area (Å²) in [6.07, 6.45) is 1.99. The largest absolute Gasteiger partial charge is 0.393 e. The molecule has 1 fully saturated rings. The summed E-state index contributed by atoms with van der Waals surface area (Å²) in [7, 11) is 0. The first-order valence-electron chi connectivity index (χ1n) is 6.45. The van der Waals surface area contributed by atoms with Gasteiger partial charge in [-0.1, -0.05) is 0 Å². The monoisotopic (exact) mass is 273 g/mol. The van der Waals surface area contributed by atoms with E-state index >= 15 is 0 Å². The molecule has 7 N–H and O–H groups in total. The normalized spacial score (nSPS) is 18.8. The van der Waals surface area contributed by atoms with Gasteiger partial charge in [-0.3, -0.25) is 4.99 Å². The molecule has 0 unspecified atom stereocenters. The fourth-order valence-electron chi connectivity index (χ4n) is 1.77. The van der Waals surface area contributed by atoms with Gasteiger partial charge < -0.3 is 27.1 Å². The molecule has 0 aromatic heterocycles. The van der Waals surface area contributed by atoms with E-state index in [1.807, 2.05) is 0 Å². The highest BCUT2D eigenvalue weighted by Crippen LogP contribution is 2.11. The third-order valence-corrected chi connectivity index (χ3v) is 2.91. The summed E-state index contributed by atoms with van der Waals surface area (Å²) in [6, 6.07) is -0.680. The van der Waals surface area contributed by atoms with Gasteiger partial charge in [-0.15, -0.1) is 5.06 Å². The van der Waals surface area contributed by atoms with E-state index in [-0.39, 0.29) is 12.1 Å². The Morgan fingerprint density at radius 1 is 1.42 bits per heavy atom. The third kappa shape index (κ3) is 6.37. The van der Waals surface area contributed by atoms with E-state index in [1.54, 1.807) is 5.06 Å². The molecule has 8 heteroatoms. The Labute approximate surface area is 112 Å². The van der Waals surface area contributed by atoms with Crippen molar-refractivity contribution in [2.75, 3.05) is 19.6 Å². The summed E-state index contributed by atoms with van der Waals surface area (Å²) >= 11 is 0. The van der Waals surface area contributed by atoms with Crippen LogP contribution in [0.4, 0.5) is 0 Å². The number of hydrogen-bond donors (Lipinski definition) is 4. The highest BCUT2D eigenvalue weighted by Gasteiger charge is 2.23. The number of hydrogen-bond acceptors (Lipinski definition) is 6. The maximum Gasteiger partial charge on any atom is 0.341 e. The lowest BCUT2D eigenvalue weighted by molar-refractivity contribution is -0.200. The van der Waals surface area contributed by atoms with Crippen LogP contribution in [0.1, 0.15) is 25.7 Å². The van der Waals surface area contributed by atoms with Crippen molar-refractivity contribution >= 4 is 11.9 Å². The van der Waals surface area contributed by atoms with E-state index in [2.05, 4.69) is 4.99 Å². The minimum Gasteiger partial charge on any atom is -0.393 e. The Bertz CT molecular complexity index is 311. The number of aliphatic hydroxyl groups excluding tert-OH is 1. The average molecular weight is 273 g/mol. The van der Waals surface area contributed by atoms with Gasteiger partial charge in [-0.25, -0.2) is 4.79 Å². The van der Waals surface area contributed by atoms with Crippen LogP contribution in [0.2, 0.25) is 0 Å². The molecular weight excluding hydrogens is 250 g/mol. The third-order valence-electron chi connectivity index (χ3n) is 2.91. The van der Waals surface area contributed by atoms with E-state index in [4.69, 9.17) is 22.0 Å². The second kappa shape index (κ2) is 7.93. The molecular formula is C11H23N5O3. The van der Waals surface area contributed by atoms with Crippen LogP contribution in [-0.2, 0) is 9.63 Å².